The Morgan fingerprint density at radius 2 is 2.13 bits per heavy atom. The van der Waals surface area contributed by atoms with Crippen LogP contribution in [0.2, 0.25) is 0 Å². The first-order chi connectivity index (χ1) is 7.07. The SMILES string of the molecule is CC(C)(C#N)CCCOC1CC(CN)C1. The van der Waals surface area contributed by atoms with Crippen LogP contribution in [0.4, 0.5) is 0 Å². The lowest BCUT2D eigenvalue weighted by molar-refractivity contribution is -0.0303. The van der Waals surface area contributed by atoms with E-state index in [4.69, 9.17) is 15.7 Å². The van der Waals surface area contributed by atoms with Crippen molar-refractivity contribution >= 4 is 0 Å². The second kappa shape index (κ2) is 5.48. The smallest absolute Gasteiger partial charge is 0.0683 e. The first-order valence-electron chi connectivity index (χ1n) is 5.80. The zero-order valence-corrected chi connectivity index (χ0v) is 9.83. The van der Waals surface area contributed by atoms with E-state index in [1.165, 1.54) is 0 Å². The molecule has 0 heterocycles. The molecule has 0 aromatic carbocycles. The predicted molar refractivity (Wildman–Crippen MR) is 60.1 cm³/mol. The molecule has 0 saturated heterocycles. The highest BCUT2D eigenvalue weighted by atomic mass is 16.5. The summed E-state index contributed by atoms with van der Waals surface area (Å²) in [5, 5.41) is 8.82. The Bertz CT molecular complexity index is 226. The molecule has 86 valence electrons. The third kappa shape index (κ3) is 4.19. The number of nitrogens with zero attached hydrogens (tertiary/aromatic N) is 1. The number of nitrogens with two attached hydrogens (primary N) is 1. The van der Waals surface area contributed by atoms with Crippen molar-refractivity contribution in [3.05, 3.63) is 0 Å². The van der Waals surface area contributed by atoms with Crippen LogP contribution in [-0.4, -0.2) is 19.3 Å². The molecule has 1 fully saturated rings. The molecular weight excluding hydrogens is 188 g/mol. The molecule has 0 unspecified atom stereocenters. The summed E-state index contributed by atoms with van der Waals surface area (Å²) in [5.41, 5.74) is 5.33. The van der Waals surface area contributed by atoms with Crippen LogP contribution in [0.15, 0.2) is 0 Å². The Morgan fingerprint density at radius 3 is 2.67 bits per heavy atom. The molecule has 0 bridgehead atoms. The van der Waals surface area contributed by atoms with E-state index in [9.17, 15) is 0 Å². The lowest BCUT2D eigenvalue weighted by Crippen LogP contribution is -2.36. The van der Waals surface area contributed by atoms with Gasteiger partial charge >= 0.3 is 0 Å². The third-order valence-corrected chi connectivity index (χ3v) is 3.13. The average molecular weight is 210 g/mol. The molecule has 1 aliphatic rings. The minimum Gasteiger partial charge on any atom is -0.378 e. The molecule has 3 heteroatoms. The molecule has 1 saturated carbocycles. The zero-order chi connectivity index (χ0) is 11.3. The van der Waals surface area contributed by atoms with E-state index in [0.29, 0.717) is 12.0 Å². The van der Waals surface area contributed by atoms with Gasteiger partial charge in [-0.05, 0) is 52.0 Å². The molecule has 0 aromatic rings. The minimum atomic E-state index is -0.206. The van der Waals surface area contributed by atoms with E-state index in [-0.39, 0.29) is 5.41 Å². The normalized spacial score (nSPS) is 25.7. The Morgan fingerprint density at radius 1 is 1.47 bits per heavy atom. The Labute approximate surface area is 92.6 Å². The number of hydrogen-bond acceptors (Lipinski definition) is 3. The average Bonchev–Trinajstić information content (AvgIpc) is 2.15. The number of nitriles is 1. The van der Waals surface area contributed by atoms with Crippen molar-refractivity contribution in [2.24, 2.45) is 17.1 Å². The standard InChI is InChI=1S/C12H22N2O/c1-12(2,9-14)4-3-5-15-11-6-10(7-11)8-13/h10-11H,3-8,13H2,1-2H3. The van der Waals surface area contributed by atoms with Crippen molar-refractivity contribution in [1.82, 2.24) is 0 Å². The molecule has 3 nitrogen and oxygen atoms in total. The molecule has 0 radical (unpaired) electrons. The van der Waals surface area contributed by atoms with Crippen molar-refractivity contribution in [3.63, 3.8) is 0 Å². The van der Waals surface area contributed by atoms with Gasteiger partial charge in [-0.15, -0.1) is 0 Å². The highest BCUT2D eigenvalue weighted by Crippen LogP contribution is 2.29. The molecule has 2 N–H and O–H groups in total. The van der Waals surface area contributed by atoms with Crippen LogP contribution in [0.5, 0.6) is 0 Å². The van der Waals surface area contributed by atoms with E-state index in [1.54, 1.807) is 0 Å². The van der Waals surface area contributed by atoms with Crippen molar-refractivity contribution < 1.29 is 4.74 Å². The molecule has 0 aliphatic heterocycles. The van der Waals surface area contributed by atoms with Gasteiger partial charge < -0.3 is 10.5 Å². The van der Waals surface area contributed by atoms with E-state index in [2.05, 4.69) is 6.07 Å². The van der Waals surface area contributed by atoms with Crippen LogP contribution in [0, 0.1) is 22.7 Å². The van der Waals surface area contributed by atoms with Gasteiger partial charge in [-0.25, -0.2) is 0 Å². The first-order valence-corrected chi connectivity index (χ1v) is 5.80. The molecule has 1 aliphatic carbocycles. The summed E-state index contributed by atoms with van der Waals surface area (Å²) in [5.74, 6) is 0.686. The number of ether oxygens (including phenoxy) is 1. The van der Waals surface area contributed by atoms with Gasteiger partial charge in [0, 0.05) is 6.61 Å². The van der Waals surface area contributed by atoms with Crippen LogP contribution >= 0.6 is 0 Å². The van der Waals surface area contributed by atoms with Gasteiger partial charge in [0.1, 0.15) is 0 Å². The largest absolute Gasteiger partial charge is 0.378 e. The Balaban J connectivity index is 1.97. The first kappa shape index (κ1) is 12.5. The molecule has 0 spiro atoms. The third-order valence-electron chi connectivity index (χ3n) is 3.13. The summed E-state index contributed by atoms with van der Waals surface area (Å²) < 4.78 is 5.68. The summed E-state index contributed by atoms with van der Waals surface area (Å²) in [7, 11) is 0. The van der Waals surface area contributed by atoms with E-state index >= 15 is 0 Å². The molecule has 1 rings (SSSR count). The predicted octanol–water partition coefficient (Wildman–Crippen LogP) is 2.07. The topological polar surface area (TPSA) is 59.0 Å². The summed E-state index contributed by atoms with van der Waals surface area (Å²) in [6.45, 7) is 5.52. The quantitative estimate of drug-likeness (QED) is 0.683. The zero-order valence-electron chi connectivity index (χ0n) is 9.83. The summed E-state index contributed by atoms with van der Waals surface area (Å²) >= 11 is 0. The van der Waals surface area contributed by atoms with Gasteiger partial charge in [-0.1, -0.05) is 0 Å². The van der Waals surface area contributed by atoms with Crippen LogP contribution in [-0.2, 0) is 4.74 Å². The van der Waals surface area contributed by atoms with Crippen LogP contribution in [0.1, 0.15) is 39.5 Å². The fourth-order valence-corrected chi connectivity index (χ4v) is 1.82. The fourth-order valence-electron chi connectivity index (χ4n) is 1.82. The van der Waals surface area contributed by atoms with E-state index in [0.717, 1.165) is 38.8 Å². The van der Waals surface area contributed by atoms with Gasteiger partial charge in [0.05, 0.1) is 17.6 Å². The second-order valence-corrected chi connectivity index (χ2v) is 5.17. The lowest BCUT2D eigenvalue weighted by Gasteiger charge is -2.34. The Kier molecular flexibility index (Phi) is 4.56. The van der Waals surface area contributed by atoms with Crippen molar-refractivity contribution in [2.75, 3.05) is 13.2 Å². The van der Waals surface area contributed by atoms with E-state index in [1.807, 2.05) is 13.8 Å². The maximum absolute atomic E-state index is 8.82. The lowest BCUT2D eigenvalue weighted by atomic mass is 9.82. The molecule has 0 atom stereocenters. The van der Waals surface area contributed by atoms with Crippen LogP contribution in [0.3, 0.4) is 0 Å². The summed E-state index contributed by atoms with van der Waals surface area (Å²) in [4.78, 5) is 0. The molecule has 0 amide bonds. The van der Waals surface area contributed by atoms with Crippen LogP contribution in [0.25, 0.3) is 0 Å². The maximum atomic E-state index is 8.82. The molecule has 0 aromatic heterocycles. The maximum Gasteiger partial charge on any atom is 0.0683 e. The van der Waals surface area contributed by atoms with Gasteiger partial charge in [0.15, 0.2) is 0 Å². The van der Waals surface area contributed by atoms with Gasteiger partial charge in [0.2, 0.25) is 0 Å². The highest BCUT2D eigenvalue weighted by molar-refractivity contribution is 4.91. The van der Waals surface area contributed by atoms with Gasteiger partial charge in [-0.3, -0.25) is 0 Å². The fraction of sp³-hybridized carbons (Fsp3) is 0.917. The molecule has 15 heavy (non-hydrogen) atoms. The summed E-state index contributed by atoms with van der Waals surface area (Å²) in [6, 6.07) is 2.30. The molecular formula is C12H22N2O. The van der Waals surface area contributed by atoms with Crippen molar-refractivity contribution in [3.8, 4) is 6.07 Å². The highest BCUT2D eigenvalue weighted by Gasteiger charge is 2.28. The van der Waals surface area contributed by atoms with Crippen molar-refractivity contribution in [1.29, 1.82) is 5.26 Å². The van der Waals surface area contributed by atoms with Crippen LogP contribution < -0.4 is 5.73 Å². The second-order valence-electron chi connectivity index (χ2n) is 5.17. The van der Waals surface area contributed by atoms with E-state index < -0.39 is 0 Å². The van der Waals surface area contributed by atoms with Gasteiger partial charge in [0.25, 0.3) is 0 Å². The van der Waals surface area contributed by atoms with Gasteiger partial charge in [-0.2, -0.15) is 5.26 Å². The minimum absolute atomic E-state index is 0.206. The Hall–Kier alpha value is -0.590. The monoisotopic (exact) mass is 210 g/mol. The summed E-state index contributed by atoms with van der Waals surface area (Å²) in [6.07, 6.45) is 4.57. The number of rotatable bonds is 6. The van der Waals surface area contributed by atoms with Crippen molar-refractivity contribution in [2.45, 2.75) is 45.6 Å². The number of hydrogen-bond donors (Lipinski definition) is 1.